The summed E-state index contributed by atoms with van der Waals surface area (Å²) >= 11 is 1.51. The van der Waals surface area contributed by atoms with Gasteiger partial charge >= 0.3 is 0 Å². The summed E-state index contributed by atoms with van der Waals surface area (Å²) < 4.78 is 0. The number of amides is 1. The van der Waals surface area contributed by atoms with Crippen molar-refractivity contribution in [3.63, 3.8) is 0 Å². The van der Waals surface area contributed by atoms with Gasteiger partial charge in [0.2, 0.25) is 0 Å². The van der Waals surface area contributed by atoms with Gasteiger partial charge in [0.25, 0.3) is 5.91 Å². The molecular formula is C25H26N6OS. The topological polar surface area (TPSA) is 83.9 Å². The maximum atomic E-state index is 13.9. The second kappa shape index (κ2) is 8.96. The first-order valence-electron chi connectivity index (χ1n) is 11.2. The third-order valence-electron chi connectivity index (χ3n) is 6.17. The number of carbonyl (C=O) groups is 1. The average molecular weight is 459 g/mol. The van der Waals surface area contributed by atoms with E-state index in [-0.39, 0.29) is 11.9 Å². The standard InChI is InChI=1S/C25H26N6OS/c1-15-6-7-16(2)22-20(15)10-12-27-23(22)31(19-5-4-11-26-14-19)25(32)21-9-8-18(13-28-21)24-30-29-17(3)33-24/h6-10,12-13,19,26H,4-5,11,14H2,1-3H3/t19-/m1/s1. The molecule has 3 aromatic heterocycles. The molecule has 4 aromatic rings. The zero-order valence-corrected chi connectivity index (χ0v) is 19.8. The Hall–Kier alpha value is -3.23. The molecule has 0 saturated carbocycles. The van der Waals surface area contributed by atoms with Crippen LogP contribution in [-0.2, 0) is 0 Å². The maximum Gasteiger partial charge on any atom is 0.278 e. The molecule has 0 radical (unpaired) electrons. The lowest BCUT2D eigenvalue weighted by Gasteiger charge is -2.34. The summed E-state index contributed by atoms with van der Waals surface area (Å²) in [6.45, 7) is 7.79. The molecule has 1 fully saturated rings. The molecule has 5 rings (SSSR count). The van der Waals surface area contributed by atoms with Crippen molar-refractivity contribution in [2.24, 2.45) is 0 Å². The Kier molecular flexibility index (Phi) is 5.86. The summed E-state index contributed by atoms with van der Waals surface area (Å²) in [5, 5.41) is 15.5. The van der Waals surface area contributed by atoms with E-state index in [9.17, 15) is 4.79 Å². The van der Waals surface area contributed by atoms with Crippen molar-refractivity contribution in [1.29, 1.82) is 0 Å². The molecule has 1 aromatic carbocycles. The molecule has 0 aliphatic carbocycles. The monoisotopic (exact) mass is 458 g/mol. The number of hydrogen-bond acceptors (Lipinski definition) is 7. The van der Waals surface area contributed by atoms with Crippen LogP contribution in [0, 0.1) is 20.8 Å². The van der Waals surface area contributed by atoms with Gasteiger partial charge in [-0.1, -0.05) is 23.5 Å². The maximum absolute atomic E-state index is 13.9. The zero-order valence-electron chi connectivity index (χ0n) is 19.0. The van der Waals surface area contributed by atoms with E-state index in [0.717, 1.165) is 57.8 Å². The summed E-state index contributed by atoms with van der Waals surface area (Å²) in [5.74, 6) is 0.572. The number of nitrogens with zero attached hydrogens (tertiary/aromatic N) is 5. The van der Waals surface area contributed by atoms with Crippen LogP contribution in [0.25, 0.3) is 21.3 Å². The van der Waals surface area contributed by atoms with Gasteiger partial charge in [-0.15, -0.1) is 10.2 Å². The Morgan fingerprint density at radius 2 is 1.91 bits per heavy atom. The first kappa shape index (κ1) is 21.6. The number of pyridine rings is 2. The summed E-state index contributed by atoms with van der Waals surface area (Å²) in [5.41, 5.74) is 3.53. The van der Waals surface area contributed by atoms with Crippen molar-refractivity contribution in [3.05, 3.63) is 64.6 Å². The highest BCUT2D eigenvalue weighted by atomic mass is 32.1. The molecule has 8 heteroatoms. The van der Waals surface area contributed by atoms with Gasteiger partial charge in [0.15, 0.2) is 0 Å². The van der Waals surface area contributed by atoms with Gasteiger partial charge in [-0.2, -0.15) is 0 Å². The van der Waals surface area contributed by atoms with Crippen molar-refractivity contribution in [2.75, 3.05) is 18.0 Å². The van der Waals surface area contributed by atoms with Crippen molar-refractivity contribution in [1.82, 2.24) is 25.5 Å². The largest absolute Gasteiger partial charge is 0.315 e. The molecule has 1 amide bonds. The highest BCUT2D eigenvalue weighted by molar-refractivity contribution is 7.14. The number of hydrogen-bond donors (Lipinski definition) is 1. The van der Waals surface area contributed by atoms with Gasteiger partial charge in [-0.3, -0.25) is 14.7 Å². The van der Waals surface area contributed by atoms with E-state index in [0.29, 0.717) is 11.5 Å². The first-order valence-corrected chi connectivity index (χ1v) is 12.0. The molecule has 33 heavy (non-hydrogen) atoms. The van der Waals surface area contributed by atoms with Crippen LogP contribution < -0.4 is 10.2 Å². The lowest BCUT2D eigenvalue weighted by Crippen LogP contribution is -2.49. The normalized spacial score (nSPS) is 16.2. The van der Waals surface area contributed by atoms with Crippen molar-refractivity contribution < 1.29 is 4.79 Å². The second-order valence-corrected chi connectivity index (χ2v) is 9.67. The third kappa shape index (κ3) is 4.12. The molecule has 1 aliphatic rings. The molecule has 0 spiro atoms. The number of aromatic nitrogens is 4. The van der Waals surface area contributed by atoms with Crippen molar-refractivity contribution in [2.45, 2.75) is 39.7 Å². The molecule has 1 N–H and O–H groups in total. The van der Waals surface area contributed by atoms with E-state index in [1.807, 2.05) is 24.0 Å². The molecule has 7 nitrogen and oxygen atoms in total. The minimum absolute atomic E-state index is 0.0107. The summed E-state index contributed by atoms with van der Waals surface area (Å²) in [6.07, 6.45) is 5.44. The number of rotatable bonds is 4. The van der Waals surface area contributed by atoms with Gasteiger partial charge < -0.3 is 5.32 Å². The minimum Gasteiger partial charge on any atom is -0.315 e. The minimum atomic E-state index is -0.135. The molecule has 0 bridgehead atoms. The Morgan fingerprint density at radius 1 is 1.06 bits per heavy atom. The number of aryl methyl sites for hydroxylation is 3. The lowest BCUT2D eigenvalue weighted by atomic mass is 9.99. The predicted octanol–water partition coefficient (Wildman–Crippen LogP) is 4.47. The lowest BCUT2D eigenvalue weighted by molar-refractivity contribution is 0.0967. The number of nitrogens with one attached hydrogen (secondary N) is 1. The number of fused-ring (bicyclic) bond motifs is 1. The van der Waals surface area contributed by atoms with Gasteiger partial charge in [-0.25, -0.2) is 4.98 Å². The quantitative estimate of drug-likeness (QED) is 0.486. The number of piperidine rings is 1. The van der Waals surface area contributed by atoms with E-state index in [2.05, 4.69) is 46.5 Å². The van der Waals surface area contributed by atoms with E-state index < -0.39 is 0 Å². The van der Waals surface area contributed by atoms with Crippen LogP contribution in [0.4, 0.5) is 5.82 Å². The molecule has 1 atom stereocenters. The van der Waals surface area contributed by atoms with Crippen molar-refractivity contribution >= 4 is 33.8 Å². The van der Waals surface area contributed by atoms with Crippen LogP contribution >= 0.6 is 11.3 Å². The zero-order chi connectivity index (χ0) is 22.9. The third-order valence-corrected chi connectivity index (χ3v) is 7.06. The van der Waals surface area contributed by atoms with Crippen LogP contribution in [-0.4, -0.2) is 45.2 Å². The van der Waals surface area contributed by atoms with E-state index in [1.165, 1.54) is 16.9 Å². The number of benzene rings is 1. The molecule has 0 unspecified atom stereocenters. The molecular weight excluding hydrogens is 432 g/mol. The molecule has 168 valence electrons. The van der Waals surface area contributed by atoms with E-state index in [4.69, 9.17) is 4.98 Å². The smallest absolute Gasteiger partial charge is 0.278 e. The Labute approximate surface area is 196 Å². The van der Waals surface area contributed by atoms with E-state index >= 15 is 0 Å². The highest BCUT2D eigenvalue weighted by Crippen LogP contribution is 2.33. The Bertz CT molecular complexity index is 1310. The van der Waals surface area contributed by atoms with Gasteiger partial charge in [0.1, 0.15) is 21.5 Å². The first-order chi connectivity index (χ1) is 16.0. The van der Waals surface area contributed by atoms with Crippen molar-refractivity contribution in [3.8, 4) is 10.6 Å². The second-order valence-electron chi connectivity index (χ2n) is 8.49. The number of carbonyl (C=O) groups excluding carboxylic acids is 1. The Balaban J connectivity index is 1.59. The fourth-order valence-electron chi connectivity index (χ4n) is 4.45. The van der Waals surface area contributed by atoms with Gasteiger partial charge in [0, 0.05) is 29.9 Å². The SMILES string of the molecule is Cc1nnc(-c2ccc(C(=O)N(c3nccc4c(C)ccc(C)c34)[C@@H]3CCCNC3)nc2)s1. The van der Waals surface area contributed by atoms with E-state index in [1.54, 1.807) is 18.5 Å². The van der Waals surface area contributed by atoms with Crippen LogP contribution in [0.1, 0.15) is 39.5 Å². The van der Waals surface area contributed by atoms with Crippen LogP contribution in [0.15, 0.2) is 42.7 Å². The average Bonchev–Trinajstić information content (AvgIpc) is 3.29. The molecule has 1 saturated heterocycles. The predicted molar refractivity (Wildman–Crippen MR) is 132 cm³/mol. The molecule has 1 aliphatic heterocycles. The van der Waals surface area contributed by atoms with Crippen LogP contribution in [0.2, 0.25) is 0 Å². The van der Waals surface area contributed by atoms with Crippen LogP contribution in [0.5, 0.6) is 0 Å². The van der Waals surface area contributed by atoms with Crippen LogP contribution in [0.3, 0.4) is 0 Å². The highest BCUT2D eigenvalue weighted by Gasteiger charge is 2.31. The van der Waals surface area contributed by atoms with Gasteiger partial charge in [-0.05, 0) is 74.9 Å². The summed E-state index contributed by atoms with van der Waals surface area (Å²) in [4.78, 5) is 25.0. The summed E-state index contributed by atoms with van der Waals surface area (Å²) in [6, 6.07) is 9.92. The fourth-order valence-corrected chi connectivity index (χ4v) is 5.13. The van der Waals surface area contributed by atoms with Gasteiger partial charge in [0.05, 0.1) is 6.04 Å². The fraction of sp³-hybridized carbons (Fsp3) is 0.320. The Morgan fingerprint density at radius 3 is 2.61 bits per heavy atom. The summed E-state index contributed by atoms with van der Waals surface area (Å²) in [7, 11) is 0. The number of anilines is 1. The molecule has 4 heterocycles.